The summed E-state index contributed by atoms with van der Waals surface area (Å²) in [6, 6.07) is 0. The van der Waals surface area contributed by atoms with Gasteiger partial charge >= 0.3 is 0 Å². The Balaban J connectivity index is 3.22. The third-order valence-corrected chi connectivity index (χ3v) is 0.720. The first-order valence-electron chi connectivity index (χ1n) is 2.01. The van der Waals surface area contributed by atoms with E-state index in [2.05, 4.69) is 0 Å². The lowest BCUT2D eigenvalue weighted by atomic mass is 10.3. The van der Waals surface area contributed by atoms with E-state index < -0.39 is 0 Å². The molecular weight excluding hydrogens is 76.1 g/mol. The normalized spacial score (nSPS) is 12.2. The lowest BCUT2D eigenvalue weighted by molar-refractivity contribution is -0.355. The van der Waals surface area contributed by atoms with Crippen LogP contribution < -0.4 is 5.11 Å². The second-order valence-electron chi connectivity index (χ2n) is 1.28. The van der Waals surface area contributed by atoms with E-state index in [0.29, 0.717) is 0 Å². The Kier molecular flexibility index (Phi) is 2.77. The van der Waals surface area contributed by atoms with Crippen molar-refractivity contribution in [2.24, 2.45) is 0 Å². The zero-order valence-corrected chi connectivity index (χ0v) is 4.19. The van der Waals surface area contributed by atoms with Gasteiger partial charge in [0.25, 0.3) is 0 Å². The molecule has 36 valence electrons. The molecule has 0 unspecified atom stereocenters. The van der Waals surface area contributed by atoms with Gasteiger partial charge < -0.3 is 5.11 Å². The molecule has 0 rings (SSSR count). The quantitative estimate of drug-likeness (QED) is 0.420. The summed E-state index contributed by atoms with van der Waals surface area (Å²) in [7, 11) is 0. The van der Waals surface area contributed by atoms with E-state index >= 15 is 0 Å². The number of rotatable bonds is 1. The molecule has 0 aromatic carbocycles. The molecule has 0 atom stereocenters. The molecule has 6 heavy (non-hydrogen) atoms. The summed E-state index contributed by atoms with van der Waals surface area (Å²) < 4.78 is 0. The van der Waals surface area contributed by atoms with Gasteiger partial charge in [0.1, 0.15) is 0 Å². The summed E-state index contributed by atoms with van der Waals surface area (Å²) in [5, 5.41) is 9.79. The maximum atomic E-state index is 9.79. The fourth-order valence-electron chi connectivity index (χ4n) is 0.0833. The van der Waals surface area contributed by atoms with Gasteiger partial charge in [-0.25, -0.2) is 0 Å². The molecule has 0 aliphatic rings. The lowest BCUT2D eigenvalue weighted by Crippen LogP contribution is -2.05. The summed E-state index contributed by atoms with van der Waals surface area (Å²) in [5.41, 5.74) is 0.912. The van der Waals surface area contributed by atoms with Crippen molar-refractivity contribution >= 4 is 0 Å². The number of hydrogen-bond acceptors (Lipinski definition) is 1. The van der Waals surface area contributed by atoms with Crippen LogP contribution in [0.2, 0.25) is 0 Å². The van der Waals surface area contributed by atoms with E-state index in [1.807, 2.05) is 19.9 Å². The molecule has 1 heteroatoms. The largest absolute Gasteiger partial charge is 0.851 e. The third-order valence-electron chi connectivity index (χ3n) is 0.720. The second-order valence-corrected chi connectivity index (χ2v) is 1.28. The smallest absolute Gasteiger partial charge is 0.0453 e. The summed E-state index contributed by atoms with van der Waals surface area (Å²) in [6.07, 6.45) is 1.83. The Hall–Kier alpha value is -0.300. The van der Waals surface area contributed by atoms with Gasteiger partial charge in [0, 0.05) is 0 Å². The molecule has 0 spiro atoms. The van der Waals surface area contributed by atoms with Crippen molar-refractivity contribution in [2.45, 2.75) is 13.8 Å². The van der Waals surface area contributed by atoms with E-state index in [4.69, 9.17) is 0 Å². The molecule has 0 saturated heterocycles. The lowest BCUT2D eigenvalue weighted by Gasteiger charge is -1.98. The number of allylic oxidation sites excluding steroid dienone is 1. The van der Waals surface area contributed by atoms with Gasteiger partial charge in [0.05, 0.1) is 0 Å². The minimum absolute atomic E-state index is 0.0590. The fourth-order valence-corrected chi connectivity index (χ4v) is 0.0833. The van der Waals surface area contributed by atoms with Crippen LogP contribution in [0, 0.1) is 0 Å². The summed E-state index contributed by atoms with van der Waals surface area (Å²) in [4.78, 5) is 0. The standard InChI is InChI=1S/C5H9O/c1-3-5(2)4-6/h3H,4H2,1-2H3/q-1/b5-3+. The molecule has 0 fully saturated rings. The van der Waals surface area contributed by atoms with Crippen LogP contribution in [0.25, 0.3) is 0 Å². The van der Waals surface area contributed by atoms with Crippen molar-refractivity contribution in [3.05, 3.63) is 11.6 Å². The van der Waals surface area contributed by atoms with E-state index in [-0.39, 0.29) is 6.61 Å². The highest BCUT2D eigenvalue weighted by atomic mass is 16.3. The van der Waals surface area contributed by atoms with Crippen molar-refractivity contribution in [3.63, 3.8) is 0 Å². The van der Waals surface area contributed by atoms with E-state index in [9.17, 15) is 5.11 Å². The maximum absolute atomic E-state index is 9.79. The maximum Gasteiger partial charge on any atom is -0.0453 e. The first kappa shape index (κ1) is 5.70. The van der Waals surface area contributed by atoms with Crippen LogP contribution in [-0.4, -0.2) is 6.61 Å². The molecule has 0 radical (unpaired) electrons. The zero-order chi connectivity index (χ0) is 4.99. The van der Waals surface area contributed by atoms with Crippen molar-refractivity contribution < 1.29 is 5.11 Å². The van der Waals surface area contributed by atoms with Gasteiger partial charge in [-0.15, -0.1) is 6.61 Å². The molecule has 0 aromatic rings. The Morgan fingerprint density at radius 3 is 2.33 bits per heavy atom. The highest BCUT2D eigenvalue weighted by molar-refractivity contribution is 4.93. The molecule has 0 bridgehead atoms. The van der Waals surface area contributed by atoms with Gasteiger partial charge in [0.15, 0.2) is 0 Å². The molecule has 0 N–H and O–H groups in total. The monoisotopic (exact) mass is 85.1 g/mol. The van der Waals surface area contributed by atoms with Crippen molar-refractivity contribution in [3.8, 4) is 0 Å². The van der Waals surface area contributed by atoms with Gasteiger partial charge in [-0.05, 0) is 13.8 Å². The van der Waals surface area contributed by atoms with Crippen LogP contribution in [0.1, 0.15) is 13.8 Å². The van der Waals surface area contributed by atoms with Crippen LogP contribution in [0.3, 0.4) is 0 Å². The van der Waals surface area contributed by atoms with Crippen molar-refractivity contribution in [1.29, 1.82) is 0 Å². The van der Waals surface area contributed by atoms with Gasteiger partial charge in [-0.2, -0.15) is 0 Å². The average Bonchev–Trinajstić information content (AvgIpc) is 1.65. The predicted octanol–water partition coefficient (Wildman–Crippen LogP) is 0.313. The Bertz CT molecular complexity index is 55.0. The highest BCUT2D eigenvalue weighted by Crippen LogP contribution is 1.82. The van der Waals surface area contributed by atoms with E-state index in [1.54, 1.807) is 0 Å². The van der Waals surface area contributed by atoms with Crippen LogP contribution >= 0.6 is 0 Å². The van der Waals surface area contributed by atoms with Crippen LogP contribution in [0.5, 0.6) is 0 Å². The van der Waals surface area contributed by atoms with Crippen LogP contribution in [-0.2, 0) is 0 Å². The molecule has 0 saturated carbocycles. The van der Waals surface area contributed by atoms with Gasteiger partial charge in [-0.1, -0.05) is 11.6 Å². The van der Waals surface area contributed by atoms with Crippen LogP contribution in [0.4, 0.5) is 0 Å². The summed E-state index contributed by atoms with van der Waals surface area (Å²) in [5.74, 6) is 0. The van der Waals surface area contributed by atoms with Crippen molar-refractivity contribution in [2.75, 3.05) is 6.61 Å². The van der Waals surface area contributed by atoms with E-state index in [1.165, 1.54) is 0 Å². The first-order chi connectivity index (χ1) is 2.81. The third kappa shape index (κ3) is 1.97. The molecule has 0 aliphatic carbocycles. The minimum Gasteiger partial charge on any atom is -0.851 e. The Labute approximate surface area is 38.3 Å². The van der Waals surface area contributed by atoms with Gasteiger partial charge in [-0.3, -0.25) is 0 Å². The molecule has 0 heterocycles. The Morgan fingerprint density at radius 1 is 1.83 bits per heavy atom. The zero-order valence-electron chi connectivity index (χ0n) is 4.19. The summed E-state index contributed by atoms with van der Waals surface area (Å²) in [6.45, 7) is 3.64. The van der Waals surface area contributed by atoms with E-state index in [0.717, 1.165) is 5.57 Å². The number of hydrogen-bond donors (Lipinski definition) is 0. The second kappa shape index (κ2) is 2.91. The predicted molar refractivity (Wildman–Crippen MR) is 24.3 cm³/mol. The molecular formula is C5H9O-. The first-order valence-corrected chi connectivity index (χ1v) is 2.01. The Morgan fingerprint density at radius 2 is 2.33 bits per heavy atom. The highest BCUT2D eigenvalue weighted by Gasteiger charge is 1.66. The average molecular weight is 85.1 g/mol. The molecule has 0 amide bonds. The SMILES string of the molecule is C/C=C(\C)C[O-]. The fraction of sp³-hybridized carbons (Fsp3) is 0.600. The molecule has 0 aromatic heterocycles. The minimum atomic E-state index is -0.0590. The van der Waals surface area contributed by atoms with Crippen LogP contribution in [0.15, 0.2) is 11.6 Å². The molecule has 0 aliphatic heterocycles. The van der Waals surface area contributed by atoms with Gasteiger partial charge in [0.2, 0.25) is 0 Å². The summed E-state index contributed by atoms with van der Waals surface area (Å²) >= 11 is 0. The topological polar surface area (TPSA) is 23.1 Å². The molecule has 1 nitrogen and oxygen atoms in total. The van der Waals surface area contributed by atoms with Crippen molar-refractivity contribution in [1.82, 2.24) is 0 Å².